The van der Waals surface area contributed by atoms with Crippen LogP contribution in [-0.4, -0.2) is 12.6 Å². The predicted molar refractivity (Wildman–Crippen MR) is 83.0 cm³/mol. The molecule has 0 unspecified atom stereocenters. The molecule has 0 fully saturated rings. The third-order valence-electron chi connectivity index (χ3n) is 3.77. The number of hydrogen-bond donors (Lipinski definition) is 1. The van der Waals surface area contributed by atoms with Gasteiger partial charge in [0.2, 0.25) is 0 Å². The van der Waals surface area contributed by atoms with Gasteiger partial charge in [-0.1, -0.05) is 38.1 Å². The average molecular weight is 285 g/mol. The average Bonchev–Trinajstić information content (AvgIpc) is 2.93. The molecule has 0 aliphatic carbocycles. The Bertz CT molecular complexity index is 652. The van der Waals surface area contributed by atoms with Gasteiger partial charge in [-0.3, -0.25) is 0 Å². The summed E-state index contributed by atoms with van der Waals surface area (Å²) in [4.78, 5) is 0. The number of rotatable bonds is 4. The second-order valence-corrected chi connectivity index (χ2v) is 5.73. The predicted octanol–water partition coefficient (Wildman–Crippen LogP) is 3.93. The van der Waals surface area contributed by atoms with Crippen LogP contribution < -0.4 is 10.1 Å². The lowest BCUT2D eigenvalue weighted by Gasteiger charge is -2.15. The van der Waals surface area contributed by atoms with Crippen LogP contribution in [0.3, 0.4) is 0 Å². The molecule has 0 bridgehead atoms. The fourth-order valence-electron chi connectivity index (χ4n) is 2.71. The fourth-order valence-corrected chi connectivity index (χ4v) is 2.71. The molecular formula is C18H20FNO. The van der Waals surface area contributed by atoms with Crippen LogP contribution in [-0.2, 0) is 13.0 Å². The summed E-state index contributed by atoms with van der Waals surface area (Å²) in [6.45, 7) is 5.55. The molecule has 1 aliphatic heterocycles. The molecule has 3 rings (SSSR count). The van der Waals surface area contributed by atoms with Crippen LogP contribution in [0, 0.1) is 5.82 Å². The third-order valence-corrected chi connectivity index (χ3v) is 3.77. The van der Waals surface area contributed by atoms with E-state index in [1.807, 2.05) is 12.1 Å². The lowest BCUT2D eigenvalue weighted by atomic mass is 9.96. The molecule has 0 saturated heterocycles. The van der Waals surface area contributed by atoms with Crippen LogP contribution in [0.2, 0.25) is 0 Å². The van der Waals surface area contributed by atoms with Crippen molar-refractivity contribution in [1.82, 2.24) is 5.32 Å². The van der Waals surface area contributed by atoms with Crippen LogP contribution in [0.4, 0.5) is 4.39 Å². The van der Waals surface area contributed by atoms with E-state index in [-0.39, 0.29) is 5.82 Å². The number of halogens is 1. The van der Waals surface area contributed by atoms with Gasteiger partial charge in [-0.25, -0.2) is 4.39 Å². The Morgan fingerprint density at radius 1 is 1.19 bits per heavy atom. The van der Waals surface area contributed by atoms with E-state index in [4.69, 9.17) is 4.74 Å². The highest BCUT2D eigenvalue weighted by Gasteiger charge is 2.18. The molecular weight excluding hydrogens is 265 g/mol. The van der Waals surface area contributed by atoms with Gasteiger partial charge in [0, 0.05) is 24.6 Å². The molecule has 3 heteroatoms. The van der Waals surface area contributed by atoms with Crippen molar-refractivity contribution in [2.75, 3.05) is 6.61 Å². The lowest BCUT2D eigenvalue weighted by Crippen LogP contribution is -2.22. The minimum absolute atomic E-state index is 0.201. The maximum atomic E-state index is 13.6. The summed E-state index contributed by atoms with van der Waals surface area (Å²) in [5.41, 5.74) is 4.31. The van der Waals surface area contributed by atoms with Crippen LogP contribution in [0.5, 0.6) is 5.75 Å². The summed E-state index contributed by atoms with van der Waals surface area (Å²) in [7, 11) is 0. The van der Waals surface area contributed by atoms with Crippen molar-refractivity contribution in [2.45, 2.75) is 32.9 Å². The quantitative estimate of drug-likeness (QED) is 0.919. The Morgan fingerprint density at radius 3 is 2.86 bits per heavy atom. The first-order valence-electron chi connectivity index (χ1n) is 7.42. The number of para-hydroxylation sites is 1. The molecule has 2 aromatic rings. The zero-order valence-electron chi connectivity index (χ0n) is 12.4. The van der Waals surface area contributed by atoms with Gasteiger partial charge in [-0.05, 0) is 28.8 Å². The Balaban J connectivity index is 2.04. The highest BCUT2D eigenvalue weighted by atomic mass is 19.1. The molecule has 110 valence electrons. The van der Waals surface area contributed by atoms with Gasteiger partial charge in [0.05, 0.1) is 6.61 Å². The molecule has 1 aliphatic rings. The van der Waals surface area contributed by atoms with Crippen molar-refractivity contribution >= 4 is 0 Å². The van der Waals surface area contributed by atoms with Crippen molar-refractivity contribution in [2.24, 2.45) is 0 Å². The summed E-state index contributed by atoms with van der Waals surface area (Å²) < 4.78 is 19.4. The summed E-state index contributed by atoms with van der Waals surface area (Å²) in [5.74, 6) is 0.753. The van der Waals surface area contributed by atoms with Crippen molar-refractivity contribution in [3.8, 4) is 16.9 Å². The first kappa shape index (κ1) is 14.1. The van der Waals surface area contributed by atoms with Gasteiger partial charge in [0.1, 0.15) is 11.6 Å². The largest absolute Gasteiger partial charge is 0.492 e. The highest BCUT2D eigenvalue weighted by Crippen LogP contribution is 2.38. The Kier molecular flexibility index (Phi) is 3.93. The molecule has 0 spiro atoms. The number of hydrogen-bond acceptors (Lipinski definition) is 2. The van der Waals surface area contributed by atoms with Gasteiger partial charge < -0.3 is 10.1 Å². The maximum Gasteiger partial charge on any atom is 0.130 e. The molecule has 0 saturated carbocycles. The van der Waals surface area contributed by atoms with Crippen molar-refractivity contribution in [3.05, 3.63) is 53.3 Å². The van der Waals surface area contributed by atoms with Gasteiger partial charge in [-0.15, -0.1) is 0 Å². The third kappa shape index (κ3) is 2.93. The number of ether oxygens (including phenoxy) is 1. The Labute approximate surface area is 125 Å². The first-order valence-corrected chi connectivity index (χ1v) is 7.42. The van der Waals surface area contributed by atoms with Gasteiger partial charge in [0.25, 0.3) is 0 Å². The topological polar surface area (TPSA) is 21.3 Å². The molecule has 0 aromatic heterocycles. The summed E-state index contributed by atoms with van der Waals surface area (Å²) >= 11 is 0. The number of benzene rings is 2. The van der Waals surface area contributed by atoms with E-state index in [1.54, 1.807) is 6.07 Å². The normalized spacial score (nSPS) is 13.3. The summed E-state index contributed by atoms with van der Waals surface area (Å²) in [5, 5.41) is 3.36. The summed E-state index contributed by atoms with van der Waals surface area (Å²) in [6, 6.07) is 11.5. The second kappa shape index (κ2) is 5.86. The highest BCUT2D eigenvalue weighted by molar-refractivity contribution is 5.75. The molecule has 0 amide bonds. The Hall–Kier alpha value is -1.87. The van der Waals surface area contributed by atoms with Gasteiger partial charge in [-0.2, -0.15) is 0 Å². The molecule has 1 N–H and O–H groups in total. The minimum Gasteiger partial charge on any atom is -0.492 e. The van der Waals surface area contributed by atoms with E-state index >= 15 is 0 Å². The molecule has 0 atom stereocenters. The second-order valence-electron chi connectivity index (χ2n) is 5.73. The van der Waals surface area contributed by atoms with Crippen molar-refractivity contribution < 1.29 is 9.13 Å². The van der Waals surface area contributed by atoms with Crippen molar-refractivity contribution in [3.63, 3.8) is 0 Å². The first-order chi connectivity index (χ1) is 10.1. The zero-order valence-corrected chi connectivity index (χ0v) is 12.4. The zero-order chi connectivity index (χ0) is 14.8. The number of fused-ring (bicyclic) bond motifs is 1. The van der Waals surface area contributed by atoms with E-state index in [0.717, 1.165) is 35.5 Å². The van der Waals surface area contributed by atoms with Gasteiger partial charge >= 0.3 is 0 Å². The van der Waals surface area contributed by atoms with E-state index in [2.05, 4.69) is 31.3 Å². The monoisotopic (exact) mass is 285 g/mol. The van der Waals surface area contributed by atoms with E-state index in [0.29, 0.717) is 12.6 Å². The van der Waals surface area contributed by atoms with Crippen LogP contribution in [0.15, 0.2) is 36.4 Å². The van der Waals surface area contributed by atoms with Crippen LogP contribution in [0.25, 0.3) is 11.1 Å². The standard InChI is InChI=1S/C18H20FNO/c1-12(2)20-11-14-10-15(19)6-7-16(14)17-5-3-4-13-8-9-21-18(13)17/h3-7,10,12,20H,8-9,11H2,1-2H3. The lowest BCUT2D eigenvalue weighted by molar-refractivity contribution is 0.358. The molecule has 2 nitrogen and oxygen atoms in total. The molecule has 2 aromatic carbocycles. The van der Waals surface area contributed by atoms with Gasteiger partial charge in [0.15, 0.2) is 0 Å². The molecule has 1 heterocycles. The van der Waals surface area contributed by atoms with Crippen molar-refractivity contribution in [1.29, 1.82) is 0 Å². The van der Waals surface area contributed by atoms with E-state index in [9.17, 15) is 4.39 Å². The smallest absolute Gasteiger partial charge is 0.130 e. The van der Waals surface area contributed by atoms with E-state index < -0.39 is 0 Å². The SMILES string of the molecule is CC(C)NCc1cc(F)ccc1-c1cccc2c1OCC2. The summed E-state index contributed by atoms with van der Waals surface area (Å²) in [6.07, 6.45) is 0.948. The minimum atomic E-state index is -0.201. The van der Waals surface area contributed by atoms with E-state index in [1.165, 1.54) is 11.6 Å². The fraction of sp³-hybridized carbons (Fsp3) is 0.333. The number of nitrogens with one attached hydrogen (secondary N) is 1. The maximum absolute atomic E-state index is 13.6. The molecule has 0 radical (unpaired) electrons. The Morgan fingerprint density at radius 2 is 2.05 bits per heavy atom. The van der Waals surface area contributed by atoms with Crippen LogP contribution in [0.1, 0.15) is 25.0 Å². The molecule has 21 heavy (non-hydrogen) atoms. The van der Waals surface area contributed by atoms with Crippen LogP contribution >= 0.6 is 0 Å².